The highest BCUT2D eigenvalue weighted by atomic mass is 32.2. The highest BCUT2D eigenvalue weighted by Gasteiger charge is 2.26. The first-order valence-corrected chi connectivity index (χ1v) is 10.3. The molecule has 2 aromatic rings. The van der Waals surface area contributed by atoms with Gasteiger partial charge in [-0.2, -0.15) is 0 Å². The van der Waals surface area contributed by atoms with Crippen molar-refractivity contribution in [1.29, 1.82) is 0 Å². The van der Waals surface area contributed by atoms with Crippen LogP contribution in [-0.2, 0) is 22.4 Å². The van der Waals surface area contributed by atoms with Gasteiger partial charge in [0.05, 0.1) is 18.4 Å². The topological polar surface area (TPSA) is 68.3 Å². The molecule has 2 aromatic heterocycles. The molecule has 0 spiro atoms. The van der Waals surface area contributed by atoms with E-state index < -0.39 is 0 Å². The fourth-order valence-corrected chi connectivity index (χ4v) is 5.60. The minimum atomic E-state index is -0.368. The third kappa shape index (κ3) is 3.81. The molecule has 0 aromatic carbocycles. The summed E-state index contributed by atoms with van der Waals surface area (Å²) >= 11 is 4.44. The summed E-state index contributed by atoms with van der Waals surface area (Å²) in [6.07, 6.45) is 4.04. The first-order valence-electron chi connectivity index (χ1n) is 7.66. The summed E-state index contributed by atoms with van der Waals surface area (Å²) in [6.45, 7) is 1.93. The number of carbonyl (C=O) groups is 2. The Morgan fingerprint density at radius 3 is 2.88 bits per heavy atom. The molecular weight excluding hydrogens is 364 g/mol. The zero-order valence-corrected chi connectivity index (χ0v) is 16.0. The smallest absolute Gasteiger partial charge is 0.341 e. The molecule has 0 fully saturated rings. The molecule has 0 aliphatic heterocycles. The number of thiophene rings is 1. The van der Waals surface area contributed by atoms with Crippen molar-refractivity contribution in [3.8, 4) is 0 Å². The van der Waals surface area contributed by atoms with Gasteiger partial charge in [-0.15, -0.1) is 22.7 Å². The summed E-state index contributed by atoms with van der Waals surface area (Å²) in [7, 11) is 1.38. The van der Waals surface area contributed by atoms with Crippen molar-refractivity contribution in [2.75, 3.05) is 18.2 Å². The molecule has 0 unspecified atom stereocenters. The van der Waals surface area contributed by atoms with Gasteiger partial charge in [0.25, 0.3) is 0 Å². The lowest BCUT2D eigenvalue weighted by molar-refractivity contribution is -0.113. The molecule has 24 heavy (non-hydrogen) atoms. The van der Waals surface area contributed by atoms with E-state index in [0.29, 0.717) is 10.6 Å². The molecule has 3 rings (SSSR count). The number of esters is 1. The Bertz CT molecular complexity index is 767. The number of amides is 1. The molecule has 0 saturated carbocycles. The Labute approximate surface area is 152 Å². The van der Waals surface area contributed by atoms with E-state index in [1.807, 2.05) is 12.3 Å². The number of fused-ring (bicyclic) bond motifs is 1. The number of thiazole rings is 1. The summed E-state index contributed by atoms with van der Waals surface area (Å²) in [5, 5.41) is 5.48. The van der Waals surface area contributed by atoms with E-state index in [9.17, 15) is 9.59 Å². The normalized spacial score (nSPS) is 13.4. The van der Waals surface area contributed by atoms with Gasteiger partial charge < -0.3 is 10.1 Å². The van der Waals surface area contributed by atoms with Gasteiger partial charge in [-0.25, -0.2) is 9.78 Å². The maximum Gasteiger partial charge on any atom is 0.341 e. The van der Waals surface area contributed by atoms with E-state index in [1.165, 1.54) is 46.4 Å². The Morgan fingerprint density at radius 1 is 1.38 bits per heavy atom. The van der Waals surface area contributed by atoms with Crippen LogP contribution >= 0.6 is 34.4 Å². The molecule has 1 amide bonds. The monoisotopic (exact) mass is 382 g/mol. The first-order chi connectivity index (χ1) is 11.6. The average molecular weight is 383 g/mol. The van der Waals surface area contributed by atoms with Gasteiger partial charge in [-0.3, -0.25) is 4.79 Å². The summed E-state index contributed by atoms with van der Waals surface area (Å²) in [5.74, 6) is -0.222. The van der Waals surface area contributed by atoms with Gasteiger partial charge in [0.1, 0.15) is 5.00 Å². The standard InChI is InChI=1S/C16H18N2O3S3/c1-9-7-22-16(17-9)23-8-12(19)18-14-13(15(20)21-2)10-5-3-4-6-11(10)24-14/h7H,3-6,8H2,1-2H3,(H,18,19). The van der Waals surface area contributed by atoms with Gasteiger partial charge in [0.2, 0.25) is 5.91 Å². The molecule has 1 aliphatic carbocycles. The molecular formula is C16H18N2O3S3. The van der Waals surface area contributed by atoms with Gasteiger partial charge in [-0.05, 0) is 38.2 Å². The van der Waals surface area contributed by atoms with E-state index >= 15 is 0 Å². The number of nitrogens with one attached hydrogen (secondary N) is 1. The van der Waals surface area contributed by atoms with Crippen LogP contribution in [0.2, 0.25) is 0 Å². The number of aryl methyl sites for hydroxylation is 2. The predicted octanol–water partition coefficient (Wildman–Crippen LogP) is 3.91. The van der Waals surface area contributed by atoms with Crippen LogP contribution in [0.5, 0.6) is 0 Å². The molecule has 2 heterocycles. The zero-order valence-electron chi connectivity index (χ0n) is 13.5. The number of carbonyl (C=O) groups excluding carboxylic acids is 2. The van der Waals surface area contributed by atoms with E-state index in [1.54, 1.807) is 0 Å². The minimum Gasteiger partial charge on any atom is -0.465 e. The summed E-state index contributed by atoms with van der Waals surface area (Å²) in [4.78, 5) is 29.9. The quantitative estimate of drug-likeness (QED) is 0.627. The molecule has 8 heteroatoms. The number of anilines is 1. The second-order valence-corrected chi connectivity index (χ2v) is 8.68. The lowest BCUT2D eigenvalue weighted by Crippen LogP contribution is -2.16. The van der Waals surface area contributed by atoms with Crippen molar-refractivity contribution in [2.45, 2.75) is 36.9 Å². The molecule has 0 radical (unpaired) electrons. The first kappa shape index (κ1) is 17.4. The molecule has 5 nitrogen and oxygen atoms in total. The Hall–Kier alpha value is -1.38. The second kappa shape index (κ2) is 7.67. The van der Waals surface area contributed by atoms with E-state index in [4.69, 9.17) is 4.74 Å². The largest absolute Gasteiger partial charge is 0.465 e. The number of thioether (sulfide) groups is 1. The molecule has 1 N–H and O–H groups in total. The van der Waals surface area contributed by atoms with Crippen LogP contribution in [0.25, 0.3) is 0 Å². The molecule has 128 valence electrons. The fraction of sp³-hybridized carbons (Fsp3) is 0.438. The van der Waals surface area contributed by atoms with Crippen molar-refractivity contribution in [2.24, 2.45) is 0 Å². The van der Waals surface area contributed by atoms with Crippen LogP contribution < -0.4 is 5.32 Å². The van der Waals surface area contributed by atoms with Crippen molar-refractivity contribution < 1.29 is 14.3 Å². The van der Waals surface area contributed by atoms with Crippen molar-refractivity contribution >= 4 is 51.3 Å². The van der Waals surface area contributed by atoms with Crippen LogP contribution in [0.15, 0.2) is 9.72 Å². The van der Waals surface area contributed by atoms with Crippen LogP contribution in [0.3, 0.4) is 0 Å². The van der Waals surface area contributed by atoms with E-state index in [0.717, 1.165) is 41.3 Å². The van der Waals surface area contributed by atoms with E-state index in [-0.39, 0.29) is 17.6 Å². The highest BCUT2D eigenvalue weighted by molar-refractivity contribution is 8.01. The SMILES string of the molecule is COC(=O)c1c(NC(=O)CSc2nc(C)cs2)sc2c1CCCC2. The lowest BCUT2D eigenvalue weighted by atomic mass is 9.95. The maximum atomic E-state index is 12.3. The average Bonchev–Trinajstić information content (AvgIpc) is 3.15. The van der Waals surface area contributed by atoms with Crippen molar-refractivity contribution in [3.63, 3.8) is 0 Å². The molecule has 0 atom stereocenters. The number of ether oxygens (including phenoxy) is 1. The number of hydrogen-bond donors (Lipinski definition) is 1. The Morgan fingerprint density at radius 2 is 2.17 bits per heavy atom. The molecule has 0 saturated heterocycles. The van der Waals surface area contributed by atoms with Crippen molar-refractivity contribution in [3.05, 3.63) is 27.1 Å². The maximum absolute atomic E-state index is 12.3. The number of nitrogens with zero attached hydrogens (tertiary/aromatic N) is 1. The van der Waals surface area contributed by atoms with Gasteiger partial charge in [-0.1, -0.05) is 11.8 Å². The van der Waals surface area contributed by atoms with Crippen LogP contribution in [0.4, 0.5) is 5.00 Å². The highest BCUT2D eigenvalue weighted by Crippen LogP contribution is 2.38. The summed E-state index contributed by atoms with van der Waals surface area (Å²) in [5.41, 5.74) is 2.55. The molecule has 1 aliphatic rings. The number of rotatable bonds is 5. The molecule has 0 bridgehead atoms. The third-order valence-electron chi connectivity index (χ3n) is 3.74. The summed E-state index contributed by atoms with van der Waals surface area (Å²) in [6, 6.07) is 0. The zero-order chi connectivity index (χ0) is 17.1. The van der Waals surface area contributed by atoms with Gasteiger partial charge >= 0.3 is 5.97 Å². The number of hydrogen-bond acceptors (Lipinski definition) is 7. The van der Waals surface area contributed by atoms with Crippen molar-refractivity contribution in [1.82, 2.24) is 4.98 Å². The predicted molar refractivity (Wildman–Crippen MR) is 98.5 cm³/mol. The van der Waals surface area contributed by atoms with Crippen LogP contribution in [-0.4, -0.2) is 29.7 Å². The third-order valence-corrected chi connectivity index (χ3v) is 7.08. The number of aromatic nitrogens is 1. The second-order valence-electron chi connectivity index (χ2n) is 5.50. The van der Waals surface area contributed by atoms with Gasteiger partial charge in [0, 0.05) is 16.0 Å². The number of methoxy groups -OCH3 is 1. The minimum absolute atomic E-state index is 0.128. The Balaban J connectivity index is 1.72. The van der Waals surface area contributed by atoms with E-state index in [2.05, 4.69) is 10.3 Å². The summed E-state index contributed by atoms with van der Waals surface area (Å²) < 4.78 is 5.79. The van der Waals surface area contributed by atoms with Gasteiger partial charge in [0.15, 0.2) is 4.34 Å². The Kier molecular flexibility index (Phi) is 5.57. The lowest BCUT2D eigenvalue weighted by Gasteiger charge is -2.11. The fourth-order valence-electron chi connectivity index (χ4n) is 2.66. The van der Waals surface area contributed by atoms with Crippen LogP contribution in [0.1, 0.15) is 39.3 Å². The van der Waals surface area contributed by atoms with Crippen LogP contribution in [0, 0.1) is 6.92 Å².